The third kappa shape index (κ3) is 1.82. The smallest absolute Gasteiger partial charge is 0.0117 e. The molecule has 0 saturated heterocycles. The highest BCUT2D eigenvalue weighted by Crippen LogP contribution is 2.21. The fraction of sp³-hybridized carbons (Fsp3) is 0.385. The van der Waals surface area contributed by atoms with Gasteiger partial charge >= 0.3 is 0 Å². The second kappa shape index (κ2) is 3.78. The first-order valence-corrected chi connectivity index (χ1v) is 4.69. The van der Waals surface area contributed by atoms with Crippen LogP contribution in [0.2, 0.25) is 0 Å². The van der Waals surface area contributed by atoms with E-state index in [-0.39, 0.29) is 0 Å². The van der Waals surface area contributed by atoms with Crippen LogP contribution in [0.25, 0.3) is 0 Å². The summed E-state index contributed by atoms with van der Waals surface area (Å²) in [5.74, 6) is 0. The number of rotatable bonds is 1. The van der Waals surface area contributed by atoms with Crippen molar-refractivity contribution in [1.82, 2.24) is 0 Å². The summed E-state index contributed by atoms with van der Waals surface area (Å²) in [5, 5.41) is 0. The first-order chi connectivity index (χ1) is 6.07. The zero-order valence-electron chi connectivity index (χ0n) is 9.15. The van der Waals surface area contributed by atoms with Gasteiger partial charge in [-0.15, -0.1) is 0 Å². The molecule has 0 saturated carbocycles. The Kier molecular flexibility index (Phi) is 2.92. The third-order valence-corrected chi connectivity index (χ3v) is 2.65. The Bertz CT molecular complexity index is 317. The zero-order valence-corrected chi connectivity index (χ0v) is 9.15. The number of aryl methyl sites for hydroxylation is 2. The second-order valence-corrected chi connectivity index (χ2v) is 3.57. The SMILES string of the molecule is C/C=[C]/c1c(C)c(C)cc(C)c1C. The number of allylic oxidation sites excluding steroid dienone is 1. The zero-order chi connectivity index (χ0) is 10.0. The Hall–Kier alpha value is -1.04. The average Bonchev–Trinajstić information content (AvgIpc) is 2.09. The molecule has 1 rings (SSSR count). The second-order valence-electron chi connectivity index (χ2n) is 3.57. The fourth-order valence-electron chi connectivity index (χ4n) is 1.58. The molecule has 0 aliphatic rings. The molecule has 0 unspecified atom stereocenters. The van der Waals surface area contributed by atoms with Gasteiger partial charge in [-0.2, -0.15) is 0 Å². The molecule has 0 amide bonds. The van der Waals surface area contributed by atoms with Gasteiger partial charge in [0.15, 0.2) is 0 Å². The van der Waals surface area contributed by atoms with E-state index in [0.717, 1.165) is 0 Å². The van der Waals surface area contributed by atoms with Crippen molar-refractivity contribution < 1.29 is 0 Å². The molecule has 0 fully saturated rings. The molecule has 69 valence electrons. The molecule has 0 aliphatic carbocycles. The van der Waals surface area contributed by atoms with Gasteiger partial charge in [0.25, 0.3) is 0 Å². The predicted octanol–water partition coefficient (Wildman–Crippen LogP) is 3.65. The Morgan fingerprint density at radius 2 is 1.46 bits per heavy atom. The third-order valence-electron chi connectivity index (χ3n) is 2.65. The van der Waals surface area contributed by atoms with Gasteiger partial charge in [-0.1, -0.05) is 12.1 Å². The quantitative estimate of drug-likeness (QED) is 0.608. The van der Waals surface area contributed by atoms with E-state index in [1.165, 1.54) is 27.8 Å². The van der Waals surface area contributed by atoms with Gasteiger partial charge in [0.2, 0.25) is 0 Å². The highest BCUT2D eigenvalue weighted by atomic mass is 14.1. The first-order valence-electron chi connectivity index (χ1n) is 4.69. The molecule has 0 bridgehead atoms. The van der Waals surface area contributed by atoms with E-state index >= 15 is 0 Å². The van der Waals surface area contributed by atoms with Gasteiger partial charge < -0.3 is 0 Å². The molecular weight excluding hydrogens is 156 g/mol. The van der Waals surface area contributed by atoms with Crippen LogP contribution in [-0.2, 0) is 0 Å². The minimum Gasteiger partial charge on any atom is -0.0791 e. The van der Waals surface area contributed by atoms with Gasteiger partial charge in [-0.3, -0.25) is 0 Å². The van der Waals surface area contributed by atoms with Crippen molar-refractivity contribution in [2.24, 2.45) is 0 Å². The lowest BCUT2D eigenvalue weighted by Gasteiger charge is -2.11. The topological polar surface area (TPSA) is 0 Å². The fourth-order valence-corrected chi connectivity index (χ4v) is 1.58. The summed E-state index contributed by atoms with van der Waals surface area (Å²) in [6.07, 6.45) is 5.28. The molecule has 13 heavy (non-hydrogen) atoms. The van der Waals surface area contributed by atoms with Gasteiger partial charge in [0.05, 0.1) is 0 Å². The number of hydrogen-bond donors (Lipinski definition) is 0. The van der Waals surface area contributed by atoms with Crippen molar-refractivity contribution in [3.8, 4) is 0 Å². The van der Waals surface area contributed by atoms with E-state index in [9.17, 15) is 0 Å². The largest absolute Gasteiger partial charge is 0.0791 e. The van der Waals surface area contributed by atoms with E-state index in [0.29, 0.717) is 0 Å². The summed E-state index contributed by atoms with van der Waals surface area (Å²) in [6, 6.07) is 2.24. The maximum atomic E-state index is 3.30. The maximum absolute atomic E-state index is 3.30. The number of hydrogen-bond acceptors (Lipinski definition) is 0. The molecule has 0 heterocycles. The molecule has 1 aromatic carbocycles. The van der Waals surface area contributed by atoms with Crippen molar-refractivity contribution in [1.29, 1.82) is 0 Å². The molecule has 0 N–H and O–H groups in total. The van der Waals surface area contributed by atoms with Crippen LogP contribution < -0.4 is 0 Å². The van der Waals surface area contributed by atoms with E-state index in [1.807, 2.05) is 13.0 Å². The van der Waals surface area contributed by atoms with Crippen molar-refractivity contribution in [2.75, 3.05) is 0 Å². The average molecular weight is 173 g/mol. The van der Waals surface area contributed by atoms with E-state index in [1.54, 1.807) is 0 Å². The molecular formula is C13H17. The van der Waals surface area contributed by atoms with E-state index < -0.39 is 0 Å². The lowest BCUT2D eigenvalue weighted by Crippen LogP contribution is -1.94. The Balaban J connectivity index is 3.46. The van der Waals surface area contributed by atoms with Gasteiger partial charge in [0, 0.05) is 0 Å². The highest BCUT2D eigenvalue weighted by molar-refractivity contribution is 5.46. The minimum atomic E-state index is 1.26. The van der Waals surface area contributed by atoms with Crippen LogP contribution in [0.3, 0.4) is 0 Å². The standard InChI is InChI=1S/C13H17/c1-6-7-13-11(4)9(2)8-10(3)12(13)5/h6,8H,1-5H3. The van der Waals surface area contributed by atoms with Crippen LogP contribution >= 0.6 is 0 Å². The van der Waals surface area contributed by atoms with Gasteiger partial charge in [-0.25, -0.2) is 0 Å². The molecule has 0 spiro atoms. The van der Waals surface area contributed by atoms with Crippen molar-refractivity contribution in [3.63, 3.8) is 0 Å². The predicted molar refractivity (Wildman–Crippen MR) is 58.0 cm³/mol. The summed E-state index contributed by atoms with van der Waals surface area (Å²) < 4.78 is 0. The molecule has 0 heteroatoms. The summed E-state index contributed by atoms with van der Waals surface area (Å²) in [7, 11) is 0. The summed E-state index contributed by atoms with van der Waals surface area (Å²) in [6.45, 7) is 10.6. The Morgan fingerprint density at radius 3 is 1.85 bits per heavy atom. The van der Waals surface area contributed by atoms with Crippen LogP contribution in [0.1, 0.15) is 34.7 Å². The summed E-state index contributed by atoms with van der Waals surface area (Å²) in [4.78, 5) is 0. The molecule has 1 aromatic rings. The molecule has 0 aliphatic heterocycles. The van der Waals surface area contributed by atoms with E-state index in [4.69, 9.17) is 0 Å². The summed E-state index contributed by atoms with van der Waals surface area (Å²) in [5.41, 5.74) is 6.67. The number of benzene rings is 1. The van der Waals surface area contributed by atoms with Crippen LogP contribution in [-0.4, -0.2) is 0 Å². The maximum Gasteiger partial charge on any atom is -0.0117 e. The Labute approximate surface area is 81.3 Å². The highest BCUT2D eigenvalue weighted by Gasteiger charge is 2.04. The normalized spacial score (nSPS) is 11.2. The van der Waals surface area contributed by atoms with Gasteiger partial charge in [-0.05, 0) is 68.5 Å². The van der Waals surface area contributed by atoms with Crippen molar-refractivity contribution >= 4 is 0 Å². The van der Waals surface area contributed by atoms with Crippen LogP contribution in [0.4, 0.5) is 0 Å². The van der Waals surface area contributed by atoms with Crippen LogP contribution in [0.5, 0.6) is 0 Å². The monoisotopic (exact) mass is 173 g/mol. The lowest BCUT2D eigenvalue weighted by molar-refractivity contribution is 1.20. The minimum absolute atomic E-state index is 1.26. The van der Waals surface area contributed by atoms with Crippen molar-refractivity contribution in [3.05, 3.63) is 46.0 Å². The van der Waals surface area contributed by atoms with Crippen LogP contribution in [0, 0.1) is 33.8 Å². The van der Waals surface area contributed by atoms with Crippen LogP contribution in [0.15, 0.2) is 12.1 Å². The molecule has 0 aromatic heterocycles. The lowest BCUT2D eigenvalue weighted by atomic mass is 9.94. The Morgan fingerprint density at radius 1 is 1.00 bits per heavy atom. The van der Waals surface area contributed by atoms with E-state index in [2.05, 4.69) is 39.8 Å². The first kappa shape index (κ1) is 10.0. The van der Waals surface area contributed by atoms with Gasteiger partial charge in [0.1, 0.15) is 0 Å². The molecule has 0 nitrogen and oxygen atoms in total. The molecule has 1 radical (unpaired) electrons. The van der Waals surface area contributed by atoms with Crippen molar-refractivity contribution in [2.45, 2.75) is 34.6 Å². The summed E-state index contributed by atoms with van der Waals surface area (Å²) >= 11 is 0. The molecule has 0 atom stereocenters.